The number of Topliss-reactive ketones (excluding diaryl/α,β-unsaturated/α-hetero) is 1. The van der Waals surface area contributed by atoms with E-state index >= 15 is 0 Å². The molecule has 2 unspecified atom stereocenters. The summed E-state index contributed by atoms with van der Waals surface area (Å²) in [5.74, 6) is 2.38. The lowest BCUT2D eigenvalue weighted by atomic mass is 9.90. The number of nitrogens with one attached hydrogen (secondary N) is 2. The Hall–Kier alpha value is -3.11. The summed E-state index contributed by atoms with van der Waals surface area (Å²) in [6.07, 6.45) is 0.972. The standard InChI is InChI=1S/C19H17FN2O4/c1-3-10(23)4-5-11-12(20)6-7-13-15(11)16(19(25)22-13)18(24)17-14(26-2)8-9-21-17/h6-10,16,21,23H,3H2,1-2H3,(H,22,25). The van der Waals surface area contributed by atoms with E-state index in [0.717, 1.165) is 0 Å². The Morgan fingerprint density at radius 2 is 2.19 bits per heavy atom. The van der Waals surface area contributed by atoms with Crippen molar-refractivity contribution < 1.29 is 23.8 Å². The molecule has 1 amide bonds. The number of carbonyl (C=O) groups excluding carboxylic acids is 2. The van der Waals surface area contributed by atoms with Crippen LogP contribution >= 0.6 is 0 Å². The Labute approximate surface area is 149 Å². The highest BCUT2D eigenvalue weighted by Crippen LogP contribution is 2.39. The number of fused-ring (bicyclic) bond motifs is 1. The number of carbonyl (C=O) groups is 2. The number of aliphatic hydroxyl groups excluding tert-OH is 1. The SMILES string of the molecule is CCC(O)C#Cc1c(F)ccc2c1C(C(=O)c1[nH]ccc1OC)C(=O)N2. The van der Waals surface area contributed by atoms with Crippen molar-refractivity contribution in [2.45, 2.75) is 25.4 Å². The summed E-state index contributed by atoms with van der Waals surface area (Å²) in [7, 11) is 1.41. The summed E-state index contributed by atoms with van der Waals surface area (Å²) in [5.41, 5.74) is 0.553. The monoisotopic (exact) mass is 356 g/mol. The van der Waals surface area contributed by atoms with Crippen LogP contribution in [-0.4, -0.2) is 35.0 Å². The number of hydrogen-bond donors (Lipinski definition) is 3. The number of anilines is 1. The highest BCUT2D eigenvalue weighted by molar-refractivity contribution is 6.22. The maximum absolute atomic E-state index is 14.4. The van der Waals surface area contributed by atoms with E-state index in [1.54, 1.807) is 13.0 Å². The zero-order valence-electron chi connectivity index (χ0n) is 14.2. The minimum atomic E-state index is -1.25. The van der Waals surface area contributed by atoms with Gasteiger partial charge < -0.3 is 20.1 Å². The molecule has 1 aliphatic rings. The molecule has 1 aromatic heterocycles. The van der Waals surface area contributed by atoms with Gasteiger partial charge in [-0.1, -0.05) is 18.8 Å². The molecule has 0 bridgehead atoms. The number of aromatic nitrogens is 1. The highest BCUT2D eigenvalue weighted by atomic mass is 19.1. The van der Waals surface area contributed by atoms with Gasteiger partial charge in [-0.3, -0.25) is 9.59 Å². The molecule has 0 aliphatic carbocycles. The van der Waals surface area contributed by atoms with Crippen LogP contribution in [0.3, 0.4) is 0 Å². The number of methoxy groups -OCH3 is 1. The maximum Gasteiger partial charge on any atom is 0.240 e. The van der Waals surface area contributed by atoms with Crippen molar-refractivity contribution in [2.24, 2.45) is 0 Å². The van der Waals surface area contributed by atoms with E-state index in [2.05, 4.69) is 22.1 Å². The fraction of sp³-hybridized carbons (Fsp3) is 0.263. The van der Waals surface area contributed by atoms with Crippen LogP contribution < -0.4 is 10.1 Å². The van der Waals surface area contributed by atoms with E-state index in [9.17, 15) is 19.1 Å². The number of aliphatic hydroxyl groups is 1. The van der Waals surface area contributed by atoms with E-state index in [0.29, 0.717) is 17.9 Å². The van der Waals surface area contributed by atoms with E-state index in [1.165, 1.54) is 25.4 Å². The number of rotatable bonds is 4. The van der Waals surface area contributed by atoms with Gasteiger partial charge in [-0.05, 0) is 24.6 Å². The number of amides is 1. The van der Waals surface area contributed by atoms with Crippen LogP contribution in [-0.2, 0) is 4.79 Å². The summed E-state index contributed by atoms with van der Waals surface area (Å²) in [6, 6.07) is 4.12. The van der Waals surface area contributed by atoms with Crippen LogP contribution in [0, 0.1) is 17.7 Å². The first-order chi connectivity index (χ1) is 12.5. The minimum absolute atomic E-state index is 0.0720. The molecule has 2 heterocycles. The van der Waals surface area contributed by atoms with Gasteiger partial charge in [0.2, 0.25) is 5.91 Å². The molecule has 1 aliphatic heterocycles. The van der Waals surface area contributed by atoms with Crippen LogP contribution in [0.5, 0.6) is 5.75 Å². The predicted octanol–water partition coefficient (Wildman–Crippen LogP) is 2.20. The first-order valence-corrected chi connectivity index (χ1v) is 8.06. The molecule has 0 fully saturated rings. The van der Waals surface area contributed by atoms with Crippen LogP contribution in [0.2, 0.25) is 0 Å². The van der Waals surface area contributed by atoms with Crippen LogP contribution in [0.1, 0.15) is 40.9 Å². The van der Waals surface area contributed by atoms with E-state index < -0.39 is 29.5 Å². The molecule has 6 nitrogen and oxygen atoms in total. The number of H-pyrrole nitrogens is 1. The molecule has 0 saturated heterocycles. The average Bonchev–Trinajstić information content (AvgIpc) is 3.23. The van der Waals surface area contributed by atoms with Gasteiger partial charge in [-0.25, -0.2) is 4.39 Å². The van der Waals surface area contributed by atoms with Crippen LogP contribution in [0.25, 0.3) is 0 Å². The number of hydrogen-bond acceptors (Lipinski definition) is 4. The summed E-state index contributed by atoms with van der Waals surface area (Å²) in [5, 5.41) is 12.2. The molecule has 0 spiro atoms. The molecule has 2 atom stereocenters. The number of ether oxygens (including phenoxy) is 1. The molecule has 2 aromatic rings. The van der Waals surface area contributed by atoms with E-state index in [1.807, 2.05) is 0 Å². The number of halogens is 1. The fourth-order valence-electron chi connectivity index (χ4n) is 2.83. The van der Waals surface area contributed by atoms with Gasteiger partial charge in [0.05, 0.1) is 12.7 Å². The summed E-state index contributed by atoms with van der Waals surface area (Å²) < 4.78 is 19.5. The number of benzene rings is 1. The fourth-order valence-corrected chi connectivity index (χ4v) is 2.83. The molecule has 0 radical (unpaired) electrons. The first kappa shape index (κ1) is 17.7. The molecular formula is C19H17FN2O4. The van der Waals surface area contributed by atoms with E-state index in [-0.39, 0.29) is 16.8 Å². The third-order valence-electron chi connectivity index (χ3n) is 4.19. The van der Waals surface area contributed by atoms with Crippen molar-refractivity contribution in [3.8, 4) is 17.6 Å². The highest BCUT2D eigenvalue weighted by Gasteiger charge is 2.40. The van der Waals surface area contributed by atoms with Crippen molar-refractivity contribution in [3.05, 3.63) is 47.0 Å². The Morgan fingerprint density at radius 3 is 2.88 bits per heavy atom. The second-order valence-electron chi connectivity index (χ2n) is 5.78. The number of aromatic amines is 1. The zero-order chi connectivity index (χ0) is 18.8. The van der Waals surface area contributed by atoms with Crippen LogP contribution in [0.15, 0.2) is 24.4 Å². The molecule has 0 saturated carbocycles. The smallest absolute Gasteiger partial charge is 0.240 e. The predicted molar refractivity (Wildman–Crippen MR) is 92.6 cm³/mol. The summed E-state index contributed by atoms with van der Waals surface area (Å²) in [4.78, 5) is 28.1. The quantitative estimate of drug-likeness (QED) is 0.445. The van der Waals surface area contributed by atoms with Crippen molar-refractivity contribution in [1.82, 2.24) is 4.98 Å². The van der Waals surface area contributed by atoms with Gasteiger partial charge in [-0.2, -0.15) is 0 Å². The molecule has 26 heavy (non-hydrogen) atoms. The van der Waals surface area contributed by atoms with Crippen molar-refractivity contribution >= 4 is 17.4 Å². The van der Waals surface area contributed by atoms with Crippen molar-refractivity contribution in [1.29, 1.82) is 0 Å². The Balaban J connectivity index is 2.12. The van der Waals surface area contributed by atoms with Crippen molar-refractivity contribution in [2.75, 3.05) is 12.4 Å². The lowest BCUT2D eigenvalue weighted by Gasteiger charge is -2.11. The number of ketones is 1. The lowest BCUT2D eigenvalue weighted by molar-refractivity contribution is -0.116. The Kier molecular flexibility index (Phi) is 4.78. The van der Waals surface area contributed by atoms with Crippen LogP contribution in [0.4, 0.5) is 10.1 Å². The zero-order valence-corrected chi connectivity index (χ0v) is 14.2. The van der Waals surface area contributed by atoms with Gasteiger partial charge >= 0.3 is 0 Å². The first-order valence-electron chi connectivity index (χ1n) is 8.06. The largest absolute Gasteiger partial charge is 0.494 e. The maximum atomic E-state index is 14.4. The van der Waals surface area contributed by atoms with E-state index in [4.69, 9.17) is 4.74 Å². The van der Waals surface area contributed by atoms with Gasteiger partial charge in [0.15, 0.2) is 5.78 Å². The molecule has 3 N–H and O–H groups in total. The topological polar surface area (TPSA) is 91.4 Å². The second-order valence-corrected chi connectivity index (χ2v) is 5.78. The minimum Gasteiger partial charge on any atom is -0.494 e. The summed E-state index contributed by atoms with van der Waals surface area (Å²) >= 11 is 0. The third kappa shape index (κ3) is 2.95. The molecule has 7 heteroatoms. The molecule has 134 valence electrons. The molecule has 3 rings (SSSR count). The normalized spacial score (nSPS) is 16.3. The van der Waals surface area contributed by atoms with Gasteiger partial charge in [0, 0.05) is 17.4 Å². The summed E-state index contributed by atoms with van der Waals surface area (Å²) in [6.45, 7) is 1.74. The lowest BCUT2D eigenvalue weighted by Crippen LogP contribution is -2.22. The Bertz CT molecular complexity index is 939. The average molecular weight is 356 g/mol. The van der Waals surface area contributed by atoms with Gasteiger partial charge in [0.1, 0.15) is 29.3 Å². The molecular weight excluding hydrogens is 339 g/mol. The van der Waals surface area contributed by atoms with Crippen molar-refractivity contribution in [3.63, 3.8) is 0 Å². The van der Waals surface area contributed by atoms with Gasteiger partial charge in [-0.15, -0.1) is 0 Å². The third-order valence-corrected chi connectivity index (χ3v) is 4.19. The Morgan fingerprint density at radius 1 is 1.42 bits per heavy atom. The van der Waals surface area contributed by atoms with Gasteiger partial charge in [0.25, 0.3) is 0 Å². The molecule has 1 aromatic carbocycles. The second kappa shape index (κ2) is 7.02.